The highest BCUT2D eigenvalue weighted by molar-refractivity contribution is 5.79. The lowest BCUT2D eigenvalue weighted by molar-refractivity contribution is 0.224. The molecule has 0 amide bonds. The van der Waals surface area contributed by atoms with Gasteiger partial charge < -0.3 is 9.64 Å². The van der Waals surface area contributed by atoms with E-state index in [1.54, 1.807) is 0 Å². The van der Waals surface area contributed by atoms with Crippen LogP contribution in [0, 0.1) is 32.9 Å². The molecule has 2 aliphatic rings. The molecule has 0 unspecified atom stereocenters. The summed E-state index contributed by atoms with van der Waals surface area (Å²) < 4.78 is 5.78. The van der Waals surface area contributed by atoms with E-state index in [9.17, 15) is 0 Å². The summed E-state index contributed by atoms with van der Waals surface area (Å²) in [7, 11) is 0. The summed E-state index contributed by atoms with van der Waals surface area (Å²) >= 11 is 0. The number of aliphatic imine (C=N–C) groups is 1. The van der Waals surface area contributed by atoms with Crippen molar-refractivity contribution < 1.29 is 4.74 Å². The highest BCUT2D eigenvalue weighted by Crippen LogP contribution is 2.32. The number of nitrogens with zero attached hydrogens (tertiary/aromatic N) is 3. The van der Waals surface area contributed by atoms with Crippen molar-refractivity contribution >= 4 is 11.7 Å². The minimum Gasteiger partial charge on any atom is -0.463 e. The first-order chi connectivity index (χ1) is 10.8. The Bertz CT molecular complexity index is 647. The van der Waals surface area contributed by atoms with Gasteiger partial charge in [0.15, 0.2) is 0 Å². The van der Waals surface area contributed by atoms with Crippen LogP contribution in [0.1, 0.15) is 37.5 Å². The van der Waals surface area contributed by atoms with E-state index in [0.29, 0.717) is 12.6 Å². The van der Waals surface area contributed by atoms with Crippen molar-refractivity contribution in [2.24, 2.45) is 10.4 Å². The largest absolute Gasteiger partial charge is 0.463 e. The molecule has 0 saturated heterocycles. The van der Waals surface area contributed by atoms with Crippen molar-refractivity contribution in [3.05, 3.63) is 47.9 Å². The van der Waals surface area contributed by atoms with Crippen LogP contribution in [0.2, 0.25) is 0 Å². The van der Waals surface area contributed by atoms with E-state index < -0.39 is 0 Å². The van der Waals surface area contributed by atoms with Gasteiger partial charge in [-0.1, -0.05) is 38.5 Å². The zero-order chi connectivity index (χ0) is 16.8. The predicted molar refractivity (Wildman–Crippen MR) is 94.0 cm³/mol. The maximum atomic E-state index is 5.78. The Hall–Kier alpha value is -1.97. The Morgan fingerprint density at radius 2 is 1.70 bits per heavy atom. The summed E-state index contributed by atoms with van der Waals surface area (Å²) in [5.74, 6) is 0. The van der Waals surface area contributed by atoms with Gasteiger partial charge in [0.05, 0.1) is 6.04 Å². The highest BCUT2D eigenvalue weighted by atomic mass is 16.5. The lowest BCUT2D eigenvalue weighted by atomic mass is 9.88. The van der Waals surface area contributed by atoms with Gasteiger partial charge in [-0.15, -0.1) is 0 Å². The molecule has 1 aromatic rings. The van der Waals surface area contributed by atoms with Gasteiger partial charge >= 0.3 is 0 Å². The van der Waals surface area contributed by atoms with Crippen LogP contribution in [0.5, 0.6) is 0 Å². The predicted octanol–water partition coefficient (Wildman–Crippen LogP) is 4.00. The van der Waals surface area contributed by atoms with Crippen LogP contribution in [0.15, 0.2) is 29.5 Å². The maximum Gasteiger partial charge on any atom is 0.294 e. The normalized spacial score (nSPS) is 21.0. The van der Waals surface area contributed by atoms with Crippen molar-refractivity contribution in [3.8, 4) is 0 Å². The van der Waals surface area contributed by atoms with Crippen molar-refractivity contribution in [1.82, 2.24) is 4.90 Å². The number of aryl methyl sites for hydroxylation is 3. The molecule has 0 bridgehead atoms. The van der Waals surface area contributed by atoms with Gasteiger partial charge in [0.25, 0.3) is 6.02 Å². The van der Waals surface area contributed by atoms with Gasteiger partial charge in [-0.3, -0.25) is 4.90 Å². The number of rotatable bonds is 1. The molecule has 4 nitrogen and oxygen atoms in total. The number of amidine groups is 1. The molecule has 23 heavy (non-hydrogen) atoms. The van der Waals surface area contributed by atoms with Crippen molar-refractivity contribution in [2.45, 2.75) is 47.6 Å². The third-order valence-corrected chi connectivity index (χ3v) is 4.30. The summed E-state index contributed by atoms with van der Waals surface area (Å²) in [6.45, 7) is 16.9. The summed E-state index contributed by atoms with van der Waals surface area (Å²) in [6, 6.07) is 5.20. The molecular weight excluding hydrogens is 286 g/mol. The average Bonchev–Trinajstić information content (AvgIpc) is 3.04. The zero-order valence-corrected chi connectivity index (χ0v) is 14.8. The molecule has 4 heteroatoms. The van der Waals surface area contributed by atoms with Crippen LogP contribution in [0.3, 0.4) is 0 Å². The molecule has 0 saturated carbocycles. The van der Waals surface area contributed by atoms with Crippen molar-refractivity contribution in [2.75, 3.05) is 11.5 Å². The van der Waals surface area contributed by atoms with E-state index in [4.69, 9.17) is 9.73 Å². The third-order valence-electron chi connectivity index (χ3n) is 4.30. The highest BCUT2D eigenvalue weighted by Gasteiger charge is 2.34. The third kappa shape index (κ3) is 3.07. The number of hydrogen-bond donors (Lipinski definition) is 0. The smallest absolute Gasteiger partial charge is 0.294 e. The van der Waals surface area contributed by atoms with Gasteiger partial charge in [-0.25, -0.2) is 4.99 Å². The van der Waals surface area contributed by atoms with Crippen LogP contribution in [-0.2, 0) is 4.74 Å². The SMILES string of the molecule is Cc1cc(C)c(N2[C]N(C3=N[C@@H](C(C)(C)C)CO3)C=C2)c(C)c1. The van der Waals surface area contributed by atoms with Crippen LogP contribution < -0.4 is 4.90 Å². The topological polar surface area (TPSA) is 28.1 Å². The number of hydrogen-bond acceptors (Lipinski definition) is 4. The lowest BCUT2D eigenvalue weighted by Crippen LogP contribution is -2.26. The maximum absolute atomic E-state index is 5.78. The van der Waals surface area contributed by atoms with Crippen molar-refractivity contribution in [3.63, 3.8) is 0 Å². The first-order valence-corrected chi connectivity index (χ1v) is 8.07. The molecule has 2 radical (unpaired) electrons. The number of benzene rings is 1. The van der Waals surface area contributed by atoms with Gasteiger partial charge in [-0.2, -0.15) is 0 Å². The lowest BCUT2D eigenvalue weighted by Gasteiger charge is -2.22. The molecule has 122 valence electrons. The van der Waals surface area contributed by atoms with Crippen LogP contribution in [0.4, 0.5) is 5.69 Å². The van der Waals surface area contributed by atoms with E-state index >= 15 is 0 Å². The fourth-order valence-electron chi connectivity index (χ4n) is 3.04. The summed E-state index contributed by atoms with van der Waals surface area (Å²) in [4.78, 5) is 8.56. The molecule has 0 spiro atoms. The molecular formula is C19H25N3O. The first-order valence-electron chi connectivity index (χ1n) is 8.07. The molecule has 2 heterocycles. The molecule has 3 rings (SSSR count). The average molecular weight is 311 g/mol. The van der Waals surface area contributed by atoms with Crippen LogP contribution >= 0.6 is 0 Å². The fourth-order valence-corrected chi connectivity index (χ4v) is 3.04. The minimum absolute atomic E-state index is 0.106. The Labute approximate surface area is 139 Å². The van der Waals surface area contributed by atoms with E-state index in [0.717, 1.165) is 0 Å². The molecule has 2 aliphatic heterocycles. The van der Waals surface area contributed by atoms with Crippen LogP contribution in [0.25, 0.3) is 0 Å². The quantitative estimate of drug-likeness (QED) is 0.784. The summed E-state index contributed by atoms with van der Waals surface area (Å²) in [5.41, 5.74) is 5.03. The first kappa shape index (κ1) is 15.9. The molecule has 0 aromatic heterocycles. The minimum atomic E-state index is 0.106. The fraction of sp³-hybridized carbons (Fsp3) is 0.474. The molecule has 0 N–H and O–H groups in total. The summed E-state index contributed by atoms with van der Waals surface area (Å²) in [5, 5.41) is 0. The van der Waals surface area contributed by atoms with Gasteiger partial charge in [0.2, 0.25) is 6.67 Å². The monoisotopic (exact) mass is 311 g/mol. The Balaban J connectivity index is 1.77. The van der Waals surface area contributed by atoms with Crippen molar-refractivity contribution in [1.29, 1.82) is 0 Å². The second-order valence-electron chi connectivity index (χ2n) is 7.49. The van der Waals surface area contributed by atoms with Gasteiger partial charge in [-0.05, 0) is 37.3 Å². The molecule has 0 aliphatic carbocycles. The van der Waals surface area contributed by atoms with E-state index in [1.165, 1.54) is 22.4 Å². The van der Waals surface area contributed by atoms with Gasteiger partial charge in [0, 0.05) is 18.1 Å². The standard InChI is InChI=1S/C19H25N3O/c1-13-9-14(2)17(15(3)10-13)21-7-8-22(12-21)18-20-16(11-23-18)19(4,5)6/h7-10,16H,11H2,1-6H3/t16-/m1/s1. The molecule has 0 fully saturated rings. The van der Waals surface area contributed by atoms with Crippen LogP contribution in [-0.4, -0.2) is 23.6 Å². The second-order valence-corrected chi connectivity index (χ2v) is 7.49. The molecule has 1 aromatic carbocycles. The van der Waals surface area contributed by atoms with Gasteiger partial charge in [0.1, 0.15) is 6.61 Å². The van der Waals surface area contributed by atoms with E-state index in [-0.39, 0.29) is 11.5 Å². The summed E-state index contributed by atoms with van der Waals surface area (Å²) in [6.07, 6.45) is 3.95. The zero-order valence-electron chi connectivity index (χ0n) is 14.8. The number of ether oxygens (including phenoxy) is 1. The van der Waals surface area contributed by atoms with E-state index in [2.05, 4.69) is 60.3 Å². The Morgan fingerprint density at radius 3 is 2.26 bits per heavy atom. The van der Waals surface area contributed by atoms with E-state index in [1.807, 2.05) is 22.2 Å². The molecule has 1 atom stereocenters. The number of anilines is 1. The Morgan fingerprint density at radius 1 is 1.09 bits per heavy atom. The Kier molecular flexibility index (Phi) is 3.86. The second kappa shape index (κ2) is 5.59.